The van der Waals surface area contributed by atoms with Gasteiger partial charge in [0.25, 0.3) is 0 Å². The van der Waals surface area contributed by atoms with Gasteiger partial charge in [0.2, 0.25) is 5.91 Å². The normalized spacial score (nSPS) is 16.5. The summed E-state index contributed by atoms with van der Waals surface area (Å²) in [5.74, 6) is 0.312. The summed E-state index contributed by atoms with van der Waals surface area (Å²) in [6.45, 7) is 5.88. The number of carbonyl (C=O) groups is 1. The number of carbonyl (C=O) groups excluding carboxylic acids is 1. The Morgan fingerprint density at radius 3 is 2.78 bits per heavy atom. The van der Waals surface area contributed by atoms with Crippen LogP contribution >= 0.6 is 0 Å². The molecule has 1 saturated heterocycles. The van der Waals surface area contributed by atoms with Crippen LogP contribution in [0, 0.1) is 19.7 Å². The standard InChI is InChI=1S/C24H26FN5O2/c1-16-4-3-9-26-24(16)29-20-12-17(2)27-21(13-20)22-14-30(10-11-32-22)15-23(31)28-19-7-5-18(25)6-8-19/h3-9,12-13,22H,10-11,14-15H2,1-2H3,(H,28,31)(H,26,27,29). The molecule has 7 nitrogen and oxygen atoms in total. The van der Waals surface area contributed by atoms with E-state index in [4.69, 9.17) is 4.74 Å². The van der Waals surface area contributed by atoms with Crippen LogP contribution in [0.3, 0.4) is 0 Å². The van der Waals surface area contributed by atoms with Crippen molar-refractivity contribution in [1.29, 1.82) is 0 Å². The van der Waals surface area contributed by atoms with E-state index in [1.165, 1.54) is 12.1 Å². The molecular weight excluding hydrogens is 409 g/mol. The van der Waals surface area contributed by atoms with Crippen LogP contribution in [-0.4, -0.2) is 47.0 Å². The smallest absolute Gasteiger partial charge is 0.238 e. The van der Waals surface area contributed by atoms with Crippen LogP contribution in [-0.2, 0) is 9.53 Å². The zero-order valence-electron chi connectivity index (χ0n) is 18.1. The van der Waals surface area contributed by atoms with Crippen molar-refractivity contribution in [3.8, 4) is 0 Å². The van der Waals surface area contributed by atoms with Crippen molar-refractivity contribution in [1.82, 2.24) is 14.9 Å². The molecule has 1 unspecified atom stereocenters. The molecule has 3 aromatic rings. The van der Waals surface area contributed by atoms with Crippen LogP contribution in [0.15, 0.2) is 54.7 Å². The van der Waals surface area contributed by atoms with Gasteiger partial charge in [0.1, 0.15) is 17.7 Å². The van der Waals surface area contributed by atoms with Gasteiger partial charge in [-0.15, -0.1) is 0 Å². The van der Waals surface area contributed by atoms with E-state index in [1.807, 2.05) is 43.0 Å². The molecule has 1 amide bonds. The second-order valence-corrected chi connectivity index (χ2v) is 7.87. The highest BCUT2D eigenvalue weighted by Gasteiger charge is 2.25. The van der Waals surface area contributed by atoms with Crippen LogP contribution in [0.1, 0.15) is 23.1 Å². The number of halogens is 1. The third kappa shape index (κ3) is 5.66. The topological polar surface area (TPSA) is 79.4 Å². The van der Waals surface area contributed by atoms with Crippen LogP contribution in [0.25, 0.3) is 0 Å². The molecule has 1 atom stereocenters. The van der Waals surface area contributed by atoms with Gasteiger partial charge in [-0.05, 0) is 61.9 Å². The summed E-state index contributed by atoms with van der Waals surface area (Å²) in [5, 5.41) is 6.16. The molecule has 4 rings (SSSR count). The van der Waals surface area contributed by atoms with Crippen molar-refractivity contribution in [2.75, 3.05) is 36.9 Å². The van der Waals surface area contributed by atoms with Gasteiger partial charge < -0.3 is 15.4 Å². The zero-order chi connectivity index (χ0) is 22.5. The monoisotopic (exact) mass is 435 g/mol. The lowest BCUT2D eigenvalue weighted by molar-refractivity contribution is -0.119. The van der Waals surface area contributed by atoms with E-state index in [1.54, 1.807) is 18.3 Å². The van der Waals surface area contributed by atoms with Crippen molar-refractivity contribution < 1.29 is 13.9 Å². The molecule has 0 aliphatic carbocycles. The van der Waals surface area contributed by atoms with E-state index in [0.717, 1.165) is 28.5 Å². The molecule has 8 heteroatoms. The van der Waals surface area contributed by atoms with Gasteiger partial charge in [-0.1, -0.05) is 6.07 Å². The average Bonchev–Trinajstić information content (AvgIpc) is 2.77. The molecule has 32 heavy (non-hydrogen) atoms. The van der Waals surface area contributed by atoms with E-state index in [2.05, 4.69) is 20.6 Å². The Kier molecular flexibility index (Phi) is 6.72. The number of nitrogens with zero attached hydrogens (tertiary/aromatic N) is 3. The number of hydrogen-bond donors (Lipinski definition) is 2. The first-order valence-electron chi connectivity index (χ1n) is 10.5. The second kappa shape index (κ2) is 9.84. The maximum Gasteiger partial charge on any atom is 0.238 e. The van der Waals surface area contributed by atoms with Gasteiger partial charge in [0.15, 0.2) is 0 Å². The summed E-state index contributed by atoms with van der Waals surface area (Å²) in [4.78, 5) is 23.5. The Morgan fingerprint density at radius 2 is 2.00 bits per heavy atom. The van der Waals surface area contributed by atoms with E-state index in [-0.39, 0.29) is 24.4 Å². The first-order chi connectivity index (χ1) is 15.5. The van der Waals surface area contributed by atoms with Crippen LogP contribution in [0.2, 0.25) is 0 Å². The number of amides is 1. The average molecular weight is 436 g/mol. The molecule has 2 N–H and O–H groups in total. The second-order valence-electron chi connectivity index (χ2n) is 7.87. The highest BCUT2D eigenvalue weighted by atomic mass is 19.1. The van der Waals surface area contributed by atoms with Crippen molar-refractivity contribution in [3.05, 3.63) is 77.5 Å². The van der Waals surface area contributed by atoms with Crippen molar-refractivity contribution >= 4 is 23.1 Å². The van der Waals surface area contributed by atoms with Gasteiger partial charge >= 0.3 is 0 Å². The lowest BCUT2D eigenvalue weighted by Gasteiger charge is -2.32. The first kappa shape index (κ1) is 21.9. The van der Waals surface area contributed by atoms with E-state index in [9.17, 15) is 9.18 Å². The first-order valence-corrected chi connectivity index (χ1v) is 10.5. The number of morpholine rings is 1. The molecular formula is C24H26FN5O2. The predicted molar refractivity (Wildman–Crippen MR) is 121 cm³/mol. The fourth-order valence-electron chi connectivity index (χ4n) is 3.65. The van der Waals surface area contributed by atoms with E-state index >= 15 is 0 Å². The third-order valence-corrected chi connectivity index (χ3v) is 5.22. The minimum atomic E-state index is -0.336. The number of aromatic nitrogens is 2. The highest BCUT2D eigenvalue weighted by molar-refractivity contribution is 5.92. The number of anilines is 3. The molecule has 1 fully saturated rings. The summed E-state index contributed by atoms with van der Waals surface area (Å²) in [7, 11) is 0. The van der Waals surface area contributed by atoms with Gasteiger partial charge in [-0.2, -0.15) is 0 Å². The lowest BCUT2D eigenvalue weighted by Crippen LogP contribution is -2.42. The number of nitrogens with one attached hydrogen (secondary N) is 2. The van der Waals surface area contributed by atoms with Crippen molar-refractivity contribution in [2.24, 2.45) is 0 Å². The predicted octanol–water partition coefficient (Wildman–Crippen LogP) is 3.99. The SMILES string of the molecule is Cc1cc(Nc2ncccc2C)cc(C2CN(CC(=O)Nc3ccc(F)cc3)CCO2)n1. The molecule has 3 heterocycles. The minimum absolute atomic E-state index is 0.151. The van der Waals surface area contributed by atoms with Gasteiger partial charge in [0, 0.05) is 36.4 Å². The summed E-state index contributed by atoms with van der Waals surface area (Å²) in [6, 6.07) is 13.6. The Labute approximate surface area is 186 Å². The summed E-state index contributed by atoms with van der Waals surface area (Å²) in [6.07, 6.45) is 1.51. The van der Waals surface area contributed by atoms with Crippen molar-refractivity contribution in [2.45, 2.75) is 20.0 Å². The summed E-state index contributed by atoms with van der Waals surface area (Å²) >= 11 is 0. The van der Waals surface area contributed by atoms with E-state index in [0.29, 0.717) is 25.4 Å². The van der Waals surface area contributed by atoms with Crippen LogP contribution < -0.4 is 10.6 Å². The highest BCUT2D eigenvalue weighted by Crippen LogP contribution is 2.26. The van der Waals surface area contributed by atoms with E-state index < -0.39 is 0 Å². The zero-order valence-corrected chi connectivity index (χ0v) is 18.1. The fraction of sp³-hybridized carbons (Fsp3) is 0.292. The quantitative estimate of drug-likeness (QED) is 0.610. The molecule has 0 saturated carbocycles. The maximum atomic E-state index is 13.1. The molecule has 1 aliphatic heterocycles. The Balaban J connectivity index is 1.41. The van der Waals surface area contributed by atoms with Gasteiger partial charge in [0.05, 0.1) is 18.8 Å². The minimum Gasteiger partial charge on any atom is -0.369 e. The number of pyridine rings is 2. The number of rotatable bonds is 6. The molecule has 0 spiro atoms. The number of benzene rings is 1. The number of aryl methyl sites for hydroxylation is 2. The van der Waals surface area contributed by atoms with Crippen LogP contribution in [0.5, 0.6) is 0 Å². The Bertz CT molecular complexity index is 1090. The third-order valence-electron chi connectivity index (χ3n) is 5.22. The van der Waals surface area contributed by atoms with Gasteiger partial charge in [-0.25, -0.2) is 9.37 Å². The molecule has 166 valence electrons. The molecule has 0 radical (unpaired) electrons. The maximum absolute atomic E-state index is 13.1. The Hall–Kier alpha value is -3.36. The lowest BCUT2D eigenvalue weighted by atomic mass is 10.1. The number of ether oxygens (including phenoxy) is 1. The van der Waals surface area contributed by atoms with Crippen LogP contribution in [0.4, 0.5) is 21.6 Å². The molecule has 0 bridgehead atoms. The molecule has 1 aromatic carbocycles. The van der Waals surface area contributed by atoms with Crippen molar-refractivity contribution in [3.63, 3.8) is 0 Å². The molecule has 2 aromatic heterocycles. The van der Waals surface area contributed by atoms with Gasteiger partial charge in [-0.3, -0.25) is 14.7 Å². The summed E-state index contributed by atoms with van der Waals surface area (Å²) < 4.78 is 19.0. The largest absolute Gasteiger partial charge is 0.369 e. The molecule has 1 aliphatic rings. The fourth-order valence-corrected chi connectivity index (χ4v) is 3.65. The number of hydrogen-bond acceptors (Lipinski definition) is 6. The Morgan fingerprint density at radius 1 is 1.19 bits per heavy atom. The summed E-state index contributed by atoms with van der Waals surface area (Å²) in [5.41, 5.74) is 4.19.